The maximum Gasteiger partial charge on any atom is 0.326 e. The van der Waals surface area contributed by atoms with Crippen molar-refractivity contribution in [1.82, 2.24) is 9.88 Å². The van der Waals surface area contributed by atoms with Crippen LogP contribution in [-0.2, 0) is 16.0 Å². The topological polar surface area (TPSA) is 70.5 Å². The van der Waals surface area contributed by atoms with Crippen LogP contribution in [-0.4, -0.2) is 40.0 Å². The number of benzene rings is 1. The second-order valence-corrected chi connectivity index (χ2v) is 4.69. The molecule has 20 heavy (non-hydrogen) atoms. The number of carbonyl (C=O) groups is 2. The fraction of sp³-hybridized carbons (Fsp3) is 0.267. The van der Waals surface area contributed by atoms with Crippen molar-refractivity contribution in [3.63, 3.8) is 0 Å². The van der Waals surface area contributed by atoms with Crippen molar-refractivity contribution in [1.29, 1.82) is 0 Å². The van der Waals surface area contributed by atoms with E-state index in [-0.39, 0.29) is 12.3 Å². The van der Waals surface area contributed by atoms with E-state index in [1.165, 1.54) is 18.9 Å². The molecular weight excluding hydrogens is 256 g/mol. The number of carboxylic acids is 1. The van der Waals surface area contributed by atoms with Crippen LogP contribution >= 0.6 is 0 Å². The molecule has 0 bridgehead atoms. The monoisotopic (exact) mass is 272 g/mol. The number of hydrogen-bond acceptors (Lipinski definition) is 3. The van der Waals surface area contributed by atoms with Gasteiger partial charge in [-0.15, -0.1) is 0 Å². The highest BCUT2D eigenvalue weighted by Crippen LogP contribution is 2.17. The summed E-state index contributed by atoms with van der Waals surface area (Å²) in [5.41, 5.74) is 1.58. The SMILES string of the molecule is CC(C(=O)O)N(C)C(=O)Cc1cccc2cccnc12. The number of aliphatic carboxylic acids is 1. The van der Waals surface area contributed by atoms with Crippen LogP contribution < -0.4 is 0 Å². The first kappa shape index (κ1) is 14.0. The van der Waals surface area contributed by atoms with E-state index in [4.69, 9.17) is 5.11 Å². The largest absolute Gasteiger partial charge is 0.480 e. The average Bonchev–Trinajstić information content (AvgIpc) is 2.46. The van der Waals surface area contributed by atoms with Crippen LogP contribution in [0.5, 0.6) is 0 Å². The summed E-state index contributed by atoms with van der Waals surface area (Å²) in [5.74, 6) is -1.25. The summed E-state index contributed by atoms with van der Waals surface area (Å²) >= 11 is 0. The first-order valence-corrected chi connectivity index (χ1v) is 6.32. The Morgan fingerprint density at radius 2 is 2.00 bits per heavy atom. The van der Waals surface area contributed by atoms with Crippen LogP contribution in [0.15, 0.2) is 36.5 Å². The van der Waals surface area contributed by atoms with Gasteiger partial charge >= 0.3 is 5.97 Å². The minimum absolute atomic E-state index is 0.141. The minimum atomic E-state index is -1.02. The van der Waals surface area contributed by atoms with E-state index in [1.807, 2.05) is 30.3 Å². The molecule has 1 atom stereocenters. The molecule has 104 valence electrons. The van der Waals surface area contributed by atoms with Gasteiger partial charge in [-0.05, 0) is 18.6 Å². The lowest BCUT2D eigenvalue weighted by molar-refractivity contribution is -0.147. The molecule has 1 heterocycles. The Hall–Kier alpha value is -2.43. The van der Waals surface area contributed by atoms with Crippen LogP contribution in [0.25, 0.3) is 10.9 Å². The Bertz CT molecular complexity index is 649. The Labute approximate surface area is 116 Å². The van der Waals surface area contributed by atoms with E-state index in [1.54, 1.807) is 6.20 Å². The molecule has 1 aromatic heterocycles. The molecule has 1 unspecified atom stereocenters. The quantitative estimate of drug-likeness (QED) is 0.919. The molecule has 0 radical (unpaired) electrons. The van der Waals surface area contributed by atoms with Gasteiger partial charge < -0.3 is 10.0 Å². The van der Waals surface area contributed by atoms with Crippen molar-refractivity contribution in [2.45, 2.75) is 19.4 Å². The van der Waals surface area contributed by atoms with Crippen LogP contribution in [0.4, 0.5) is 0 Å². The molecule has 0 spiro atoms. The number of likely N-dealkylation sites (N-methyl/N-ethyl adjacent to an activating group) is 1. The highest BCUT2D eigenvalue weighted by atomic mass is 16.4. The van der Waals surface area contributed by atoms with Gasteiger partial charge in [0.05, 0.1) is 11.9 Å². The van der Waals surface area contributed by atoms with E-state index in [9.17, 15) is 9.59 Å². The van der Waals surface area contributed by atoms with Gasteiger partial charge in [-0.2, -0.15) is 0 Å². The zero-order valence-electron chi connectivity index (χ0n) is 11.4. The van der Waals surface area contributed by atoms with Crippen LogP contribution in [0, 0.1) is 0 Å². The molecule has 0 saturated carbocycles. The van der Waals surface area contributed by atoms with Crippen LogP contribution in [0.2, 0.25) is 0 Å². The molecule has 1 N–H and O–H groups in total. The van der Waals surface area contributed by atoms with E-state index < -0.39 is 12.0 Å². The first-order chi connectivity index (χ1) is 9.50. The van der Waals surface area contributed by atoms with E-state index >= 15 is 0 Å². The van der Waals surface area contributed by atoms with Gasteiger partial charge in [0.2, 0.25) is 5.91 Å². The summed E-state index contributed by atoms with van der Waals surface area (Å²) in [5, 5.41) is 9.90. The summed E-state index contributed by atoms with van der Waals surface area (Å²) < 4.78 is 0. The number of hydrogen-bond donors (Lipinski definition) is 1. The number of amides is 1. The smallest absolute Gasteiger partial charge is 0.326 e. The Morgan fingerprint density at radius 3 is 2.70 bits per heavy atom. The second-order valence-electron chi connectivity index (χ2n) is 4.69. The van der Waals surface area contributed by atoms with Gasteiger partial charge in [-0.1, -0.05) is 24.3 Å². The maximum absolute atomic E-state index is 12.1. The molecule has 5 nitrogen and oxygen atoms in total. The Morgan fingerprint density at radius 1 is 1.30 bits per heavy atom. The maximum atomic E-state index is 12.1. The van der Waals surface area contributed by atoms with Gasteiger partial charge in [0.1, 0.15) is 6.04 Å². The zero-order chi connectivity index (χ0) is 14.7. The third-order valence-electron chi connectivity index (χ3n) is 3.39. The van der Waals surface area contributed by atoms with Crippen LogP contribution in [0.1, 0.15) is 12.5 Å². The number of fused-ring (bicyclic) bond motifs is 1. The summed E-state index contributed by atoms with van der Waals surface area (Å²) in [7, 11) is 1.50. The van der Waals surface area contributed by atoms with Gasteiger partial charge in [0.15, 0.2) is 0 Å². The Balaban J connectivity index is 2.24. The van der Waals surface area contributed by atoms with Crippen molar-refractivity contribution < 1.29 is 14.7 Å². The molecule has 2 rings (SSSR count). The molecule has 0 aliphatic carbocycles. The molecule has 0 saturated heterocycles. The molecule has 1 aromatic carbocycles. The van der Waals surface area contributed by atoms with Crippen molar-refractivity contribution in [3.8, 4) is 0 Å². The summed E-state index contributed by atoms with van der Waals surface area (Å²) in [6.07, 6.45) is 1.82. The summed E-state index contributed by atoms with van der Waals surface area (Å²) in [6.45, 7) is 1.49. The fourth-order valence-electron chi connectivity index (χ4n) is 1.98. The number of rotatable bonds is 4. The molecular formula is C15H16N2O3. The fourth-order valence-corrected chi connectivity index (χ4v) is 1.98. The zero-order valence-corrected chi connectivity index (χ0v) is 11.4. The predicted octanol–water partition coefficient (Wildman–Crippen LogP) is 1.71. The Kier molecular flexibility index (Phi) is 3.98. The average molecular weight is 272 g/mol. The van der Waals surface area contributed by atoms with E-state index in [0.717, 1.165) is 16.5 Å². The standard InChI is InChI=1S/C15H16N2O3/c1-10(15(19)20)17(2)13(18)9-12-6-3-5-11-7-4-8-16-14(11)12/h3-8,10H,9H2,1-2H3,(H,19,20). The number of pyridine rings is 1. The number of nitrogens with zero attached hydrogens (tertiary/aromatic N) is 2. The second kappa shape index (κ2) is 5.69. The third-order valence-corrected chi connectivity index (χ3v) is 3.39. The molecule has 5 heteroatoms. The normalized spacial score (nSPS) is 12.1. The minimum Gasteiger partial charge on any atom is -0.480 e. The molecule has 0 fully saturated rings. The highest BCUT2D eigenvalue weighted by molar-refractivity contribution is 5.89. The molecule has 2 aromatic rings. The summed E-state index contributed by atoms with van der Waals surface area (Å²) in [4.78, 5) is 28.6. The van der Waals surface area contributed by atoms with Gasteiger partial charge in [-0.3, -0.25) is 9.78 Å². The molecule has 0 aliphatic heterocycles. The number of carbonyl (C=O) groups excluding carboxylic acids is 1. The number of para-hydroxylation sites is 1. The van der Waals surface area contributed by atoms with Crippen LogP contribution in [0.3, 0.4) is 0 Å². The van der Waals surface area contributed by atoms with Crippen molar-refractivity contribution in [2.24, 2.45) is 0 Å². The summed E-state index contributed by atoms with van der Waals surface area (Å²) in [6, 6.07) is 8.57. The van der Waals surface area contributed by atoms with Gasteiger partial charge in [0.25, 0.3) is 0 Å². The number of carboxylic acid groups (broad SMARTS) is 1. The lowest BCUT2D eigenvalue weighted by atomic mass is 10.1. The van der Waals surface area contributed by atoms with Crippen molar-refractivity contribution in [3.05, 3.63) is 42.1 Å². The molecule has 1 amide bonds. The molecule has 0 aliphatic rings. The van der Waals surface area contributed by atoms with Crippen molar-refractivity contribution in [2.75, 3.05) is 7.05 Å². The van der Waals surface area contributed by atoms with Gasteiger partial charge in [0, 0.05) is 18.6 Å². The highest BCUT2D eigenvalue weighted by Gasteiger charge is 2.22. The third kappa shape index (κ3) is 2.77. The van der Waals surface area contributed by atoms with E-state index in [2.05, 4.69) is 4.98 Å². The lowest BCUT2D eigenvalue weighted by Gasteiger charge is -2.21. The number of aromatic nitrogens is 1. The predicted molar refractivity (Wildman–Crippen MR) is 75.3 cm³/mol. The van der Waals surface area contributed by atoms with Gasteiger partial charge in [-0.25, -0.2) is 4.79 Å². The lowest BCUT2D eigenvalue weighted by Crippen LogP contribution is -2.41. The van der Waals surface area contributed by atoms with Crippen molar-refractivity contribution >= 4 is 22.8 Å². The first-order valence-electron chi connectivity index (χ1n) is 6.32. The van der Waals surface area contributed by atoms with E-state index in [0.29, 0.717) is 0 Å².